The Hall–Kier alpha value is -3.20. The minimum atomic E-state index is 0.909. The molecule has 0 fully saturated rings. The van der Waals surface area contributed by atoms with E-state index >= 15 is 0 Å². The molecule has 0 saturated carbocycles. The van der Waals surface area contributed by atoms with Gasteiger partial charge in [0.2, 0.25) is 0 Å². The summed E-state index contributed by atoms with van der Waals surface area (Å²) in [6, 6.07) is 15.4. The maximum absolute atomic E-state index is 4.13. The highest BCUT2D eigenvalue weighted by atomic mass is 14.8. The van der Waals surface area contributed by atoms with Crippen LogP contribution in [0.3, 0.4) is 0 Å². The van der Waals surface area contributed by atoms with Gasteiger partial charge in [0.15, 0.2) is 0 Å². The first-order valence-corrected chi connectivity index (χ1v) is 9.34. The number of pyridine rings is 2. The molecule has 1 N–H and O–H groups in total. The van der Waals surface area contributed by atoms with E-state index in [9.17, 15) is 0 Å². The van der Waals surface area contributed by atoms with Crippen LogP contribution in [0.4, 0.5) is 0 Å². The van der Waals surface area contributed by atoms with Crippen molar-refractivity contribution < 1.29 is 0 Å². The molecule has 0 saturated heterocycles. The quantitative estimate of drug-likeness (QED) is 0.720. The molecule has 0 atom stereocenters. The summed E-state index contributed by atoms with van der Waals surface area (Å²) in [5.74, 6) is 0. The van der Waals surface area contributed by atoms with E-state index in [1.165, 1.54) is 33.4 Å². The van der Waals surface area contributed by atoms with Crippen LogP contribution in [0.1, 0.15) is 27.8 Å². The van der Waals surface area contributed by atoms with Crippen molar-refractivity contribution in [3.05, 3.63) is 119 Å². The Morgan fingerprint density at radius 1 is 0.667 bits per heavy atom. The number of aromatic nitrogens is 2. The number of nitrogens with one attached hydrogen (secondary N) is 1. The van der Waals surface area contributed by atoms with Gasteiger partial charge in [-0.15, -0.1) is 0 Å². The van der Waals surface area contributed by atoms with Crippen molar-refractivity contribution in [1.82, 2.24) is 15.3 Å². The highest BCUT2D eigenvalue weighted by Crippen LogP contribution is 2.20. The van der Waals surface area contributed by atoms with E-state index < -0.39 is 0 Å². The number of dihydropyridines is 1. The number of hydrogen-bond acceptors (Lipinski definition) is 3. The van der Waals surface area contributed by atoms with E-state index in [0.29, 0.717) is 0 Å². The van der Waals surface area contributed by atoms with Crippen LogP contribution in [0.15, 0.2) is 91.2 Å². The highest BCUT2D eigenvalue weighted by molar-refractivity contribution is 5.39. The third-order valence-corrected chi connectivity index (χ3v) is 4.73. The zero-order valence-electron chi connectivity index (χ0n) is 15.3. The predicted octanol–water partition coefficient (Wildman–Crippen LogP) is 4.24. The standard InChI is InChI=1S/C24H23N3/c1-7-25-8-2-19(1)13-22-16-23(14-20-3-9-26-10-4-20)18-24(17-22)15-21-5-11-27-12-6-21/h1-11,16-18,27H,12-15H2. The molecule has 2 aromatic heterocycles. The van der Waals surface area contributed by atoms with Crippen molar-refractivity contribution in [2.45, 2.75) is 19.3 Å². The highest BCUT2D eigenvalue weighted by Gasteiger charge is 2.06. The lowest BCUT2D eigenvalue weighted by atomic mass is 9.94. The summed E-state index contributed by atoms with van der Waals surface area (Å²) in [4.78, 5) is 8.26. The van der Waals surface area contributed by atoms with E-state index in [4.69, 9.17) is 0 Å². The topological polar surface area (TPSA) is 37.8 Å². The fraction of sp³-hybridized carbons (Fsp3) is 0.167. The fourth-order valence-electron chi connectivity index (χ4n) is 3.48. The van der Waals surface area contributed by atoms with Crippen LogP contribution >= 0.6 is 0 Å². The van der Waals surface area contributed by atoms with Gasteiger partial charge in [-0.25, -0.2) is 0 Å². The maximum atomic E-state index is 4.13. The third kappa shape index (κ3) is 4.91. The van der Waals surface area contributed by atoms with E-state index in [0.717, 1.165) is 25.8 Å². The second-order valence-electron chi connectivity index (χ2n) is 6.92. The Bertz CT molecular complexity index is 884. The average molecular weight is 353 g/mol. The van der Waals surface area contributed by atoms with Gasteiger partial charge >= 0.3 is 0 Å². The SMILES string of the molecule is C1=CC(Cc2cc(Cc3ccncc3)cc(Cc3ccncc3)c2)=CCN1. The van der Waals surface area contributed by atoms with Gasteiger partial charge in [0.1, 0.15) is 0 Å². The maximum Gasteiger partial charge on any atom is 0.0331 e. The number of benzene rings is 1. The van der Waals surface area contributed by atoms with E-state index in [1.54, 1.807) is 0 Å². The fourth-order valence-corrected chi connectivity index (χ4v) is 3.48. The molecule has 3 heteroatoms. The lowest BCUT2D eigenvalue weighted by molar-refractivity contribution is 0.943. The van der Waals surface area contributed by atoms with Crippen molar-refractivity contribution in [3.63, 3.8) is 0 Å². The minimum Gasteiger partial charge on any atom is -0.387 e. The van der Waals surface area contributed by atoms with Crippen molar-refractivity contribution in [3.8, 4) is 0 Å². The molecule has 1 aliphatic heterocycles. The zero-order valence-corrected chi connectivity index (χ0v) is 15.3. The van der Waals surface area contributed by atoms with Gasteiger partial charge in [0.25, 0.3) is 0 Å². The van der Waals surface area contributed by atoms with E-state index in [2.05, 4.69) is 69.9 Å². The Morgan fingerprint density at radius 2 is 1.19 bits per heavy atom. The third-order valence-electron chi connectivity index (χ3n) is 4.73. The summed E-state index contributed by atoms with van der Waals surface area (Å²) in [7, 11) is 0. The molecule has 4 rings (SSSR count). The van der Waals surface area contributed by atoms with Crippen molar-refractivity contribution in [1.29, 1.82) is 0 Å². The van der Waals surface area contributed by atoms with Crippen LogP contribution in [-0.2, 0) is 19.3 Å². The van der Waals surface area contributed by atoms with Gasteiger partial charge in [0, 0.05) is 31.3 Å². The summed E-state index contributed by atoms with van der Waals surface area (Å²) in [5, 5.41) is 3.22. The molecule has 0 amide bonds. The molecule has 3 heterocycles. The largest absolute Gasteiger partial charge is 0.387 e. The summed E-state index contributed by atoms with van der Waals surface area (Å²) in [6.07, 6.45) is 16.7. The molecule has 0 spiro atoms. The molecule has 0 radical (unpaired) electrons. The number of rotatable bonds is 6. The summed E-state index contributed by atoms with van der Waals surface area (Å²) < 4.78 is 0. The lowest BCUT2D eigenvalue weighted by Crippen LogP contribution is -2.09. The summed E-state index contributed by atoms with van der Waals surface area (Å²) >= 11 is 0. The second kappa shape index (κ2) is 8.45. The van der Waals surface area contributed by atoms with Crippen LogP contribution in [0, 0.1) is 0 Å². The first-order chi connectivity index (χ1) is 13.3. The average Bonchev–Trinajstić information content (AvgIpc) is 2.70. The normalized spacial score (nSPS) is 13.1. The monoisotopic (exact) mass is 353 g/mol. The molecule has 1 aliphatic rings. The molecule has 134 valence electrons. The molecule has 0 unspecified atom stereocenters. The van der Waals surface area contributed by atoms with Crippen LogP contribution in [0.5, 0.6) is 0 Å². The first kappa shape index (κ1) is 17.2. The van der Waals surface area contributed by atoms with Gasteiger partial charge in [-0.3, -0.25) is 9.97 Å². The van der Waals surface area contributed by atoms with E-state index in [-0.39, 0.29) is 0 Å². The molecular weight excluding hydrogens is 330 g/mol. The van der Waals surface area contributed by atoms with Crippen molar-refractivity contribution in [2.75, 3.05) is 6.54 Å². The Kier molecular flexibility index (Phi) is 5.39. The molecule has 0 bridgehead atoms. The van der Waals surface area contributed by atoms with Crippen LogP contribution < -0.4 is 5.32 Å². The van der Waals surface area contributed by atoms with Crippen LogP contribution in [-0.4, -0.2) is 16.5 Å². The molecule has 0 aliphatic carbocycles. The van der Waals surface area contributed by atoms with Gasteiger partial charge in [-0.1, -0.05) is 24.3 Å². The number of hydrogen-bond donors (Lipinski definition) is 1. The van der Waals surface area contributed by atoms with Gasteiger partial charge in [-0.2, -0.15) is 0 Å². The van der Waals surface area contributed by atoms with Gasteiger partial charge in [-0.05, 0) is 89.2 Å². The van der Waals surface area contributed by atoms with Gasteiger partial charge < -0.3 is 5.32 Å². The molecule has 27 heavy (non-hydrogen) atoms. The Balaban J connectivity index is 1.62. The minimum absolute atomic E-state index is 0.909. The molecule has 1 aromatic carbocycles. The Labute approximate surface area is 160 Å². The summed E-state index contributed by atoms with van der Waals surface area (Å²) in [5.41, 5.74) is 8.01. The Morgan fingerprint density at radius 3 is 1.67 bits per heavy atom. The molecule has 3 nitrogen and oxygen atoms in total. The first-order valence-electron chi connectivity index (χ1n) is 9.34. The smallest absolute Gasteiger partial charge is 0.0331 e. The van der Waals surface area contributed by atoms with Crippen molar-refractivity contribution in [2.24, 2.45) is 0 Å². The zero-order chi connectivity index (χ0) is 18.3. The second-order valence-corrected chi connectivity index (χ2v) is 6.92. The molecule has 3 aromatic rings. The summed E-state index contributed by atoms with van der Waals surface area (Å²) in [6.45, 7) is 0.909. The van der Waals surface area contributed by atoms with Crippen LogP contribution in [0.25, 0.3) is 0 Å². The van der Waals surface area contributed by atoms with Crippen LogP contribution in [0.2, 0.25) is 0 Å². The van der Waals surface area contributed by atoms with E-state index in [1.807, 2.05) is 31.0 Å². The predicted molar refractivity (Wildman–Crippen MR) is 109 cm³/mol. The molecular formula is C24H23N3. The van der Waals surface area contributed by atoms with Crippen molar-refractivity contribution >= 4 is 0 Å². The lowest BCUT2D eigenvalue weighted by Gasteiger charge is -2.13. The number of allylic oxidation sites excluding steroid dienone is 2. The number of nitrogens with zero attached hydrogens (tertiary/aromatic N) is 2. The van der Waals surface area contributed by atoms with Gasteiger partial charge in [0.05, 0.1) is 0 Å².